The van der Waals surface area contributed by atoms with Crippen molar-refractivity contribution in [2.45, 2.75) is 32.4 Å². The normalized spacial score (nSPS) is 22.8. The maximum Gasteiger partial charge on any atom is 0.160 e. The Balaban J connectivity index is 1.99. The number of halogens is 2. The van der Waals surface area contributed by atoms with E-state index < -0.39 is 0 Å². The Bertz CT molecular complexity index is 616. The van der Waals surface area contributed by atoms with Crippen LogP contribution >= 0.6 is 27.5 Å². The number of fused-ring (bicyclic) bond motifs is 1. The molecule has 2 aromatic heterocycles. The van der Waals surface area contributed by atoms with Gasteiger partial charge in [-0.15, -0.1) is 11.6 Å². The number of aryl methyl sites for hydroxylation is 1. The summed E-state index contributed by atoms with van der Waals surface area (Å²) in [5.74, 6) is 2.10. The van der Waals surface area contributed by atoms with Crippen molar-refractivity contribution in [3.05, 3.63) is 22.6 Å². The van der Waals surface area contributed by atoms with Crippen LogP contribution in [0.25, 0.3) is 11.2 Å². The molecule has 20 heavy (non-hydrogen) atoms. The highest BCUT2D eigenvalue weighted by Crippen LogP contribution is 2.26. The number of nitrogens with zero attached hydrogens (tertiary/aromatic N) is 3. The molecule has 1 aliphatic heterocycles. The van der Waals surface area contributed by atoms with Gasteiger partial charge in [-0.1, -0.05) is 0 Å². The lowest BCUT2D eigenvalue weighted by molar-refractivity contribution is 0.102. The summed E-state index contributed by atoms with van der Waals surface area (Å²) in [6.45, 7) is 3.89. The summed E-state index contributed by atoms with van der Waals surface area (Å²) in [5, 5.41) is 0. The van der Waals surface area contributed by atoms with Gasteiger partial charge in [-0.25, -0.2) is 9.97 Å². The predicted octanol–water partition coefficient (Wildman–Crippen LogP) is 3.40. The molecule has 1 aliphatic rings. The van der Waals surface area contributed by atoms with Gasteiger partial charge in [-0.05, 0) is 35.3 Å². The second-order valence-electron chi connectivity index (χ2n) is 5.20. The third-order valence-electron chi connectivity index (χ3n) is 3.90. The minimum atomic E-state index is 0.298. The van der Waals surface area contributed by atoms with Gasteiger partial charge < -0.3 is 9.30 Å². The van der Waals surface area contributed by atoms with Crippen LogP contribution in [0.1, 0.15) is 19.2 Å². The van der Waals surface area contributed by atoms with Crippen LogP contribution in [-0.2, 0) is 17.7 Å². The zero-order valence-corrected chi connectivity index (χ0v) is 13.7. The van der Waals surface area contributed by atoms with Crippen molar-refractivity contribution >= 4 is 38.7 Å². The lowest BCUT2D eigenvalue weighted by atomic mass is 10.0. The summed E-state index contributed by atoms with van der Waals surface area (Å²) in [6.07, 6.45) is 3.97. The van der Waals surface area contributed by atoms with Crippen LogP contribution in [0.15, 0.2) is 16.7 Å². The maximum absolute atomic E-state index is 5.90. The predicted molar refractivity (Wildman–Crippen MR) is 83.2 cm³/mol. The minimum absolute atomic E-state index is 0.298. The van der Waals surface area contributed by atoms with Gasteiger partial charge >= 0.3 is 0 Å². The molecule has 0 spiro atoms. The number of alkyl halides is 1. The average molecular weight is 359 g/mol. The van der Waals surface area contributed by atoms with Crippen LogP contribution in [0, 0.1) is 5.92 Å². The molecule has 0 amide bonds. The van der Waals surface area contributed by atoms with Gasteiger partial charge in [-0.3, -0.25) is 0 Å². The first-order chi connectivity index (χ1) is 9.69. The van der Waals surface area contributed by atoms with Gasteiger partial charge in [0.1, 0.15) is 11.3 Å². The quantitative estimate of drug-likeness (QED) is 0.786. The fourth-order valence-corrected chi connectivity index (χ4v) is 3.24. The summed E-state index contributed by atoms with van der Waals surface area (Å²) < 4.78 is 8.81. The standard InChI is InChI=1S/C14H17BrClN3O/c1-9-10(3-5-20-9)8-19-13(2-4-16)18-12-6-11(15)7-17-14(12)19/h6-7,9-10H,2-5,8H2,1H3. The van der Waals surface area contributed by atoms with Crippen LogP contribution in [-0.4, -0.2) is 33.1 Å². The number of hydrogen-bond donors (Lipinski definition) is 0. The third kappa shape index (κ3) is 2.71. The maximum atomic E-state index is 5.90. The van der Waals surface area contributed by atoms with Crippen LogP contribution in [0.4, 0.5) is 0 Å². The van der Waals surface area contributed by atoms with Crippen molar-refractivity contribution in [2.75, 3.05) is 12.5 Å². The zero-order chi connectivity index (χ0) is 14.1. The fourth-order valence-electron chi connectivity index (χ4n) is 2.75. The highest BCUT2D eigenvalue weighted by atomic mass is 79.9. The molecule has 0 aromatic carbocycles. The first kappa shape index (κ1) is 14.3. The molecule has 1 fully saturated rings. The fraction of sp³-hybridized carbons (Fsp3) is 0.571. The Morgan fingerprint density at radius 3 is 3.10 bits per heavy atom. The van der Waals surface area contributed by atoms with E-state index in [1.165, 1.54) is 0 Å². The monoisotopic (exact) mass is 357 g/mol. The summed E-state index contributed by atoms with van der Waals surface area (Å²) >= 11 is 9.35. The smallest absolute Gasteiger partial charge is 0.160 e. The number of hydrogen-bond acceptors (Lipinski definition) is 3. The summed E-state index contributed by atoms with van der Waals surface area (Å²) in [6, 6.07) is 2.01. The number of rotatable bonds is 4. The number of imidazole rings is 1. The van der Waals surface area contributed by atoms with E-state index in [0.717, 1.165) is 47.5 Å². The Kier molecular flexibility index (Phi) is 4.29. The van der Waals surface area contributed by atoms with E-state index in [0.29, 0.717) is 17.9 Å². The first-order valence-electron chi connectivity index (χ1n) is 6.87. The molecule has 2 unspecified atom stereocenters. The molecule has 2 atom stereocenters. The largest absolute Gasteiger partial charge is 0.378 e. The van der Waals surface area contributed by atoms with Crippen molar-refractivity contribution in [1.29, 1.82) is 0 Å². The van der Waals surface area contributed by atoms with Crippen LogP contribution in [0.2, 0.25) is 0 Å². The second kappa shape index (κ2) is 6.00. The van der Waals surface area contributed by atoms with Gasteiger partial charge in [0.15, 0.2) is 5.65 Å². The summed E-state index contributed by atoms with van der Waals surface area (Å²) in [7, 11) is 0. The number of ether oxygens (including phenoxy) is 1. The summed E-state index contributed by atoms with van der Waals surface area (Å²) in [5.41, 5.74) is 1.86. The Labute approximate surface area is 131 Å². The van der Waals surface area contributed by atoms with E-state index in [4.69, 9.17) is 16.3 Å². The Hall–Kier alpha value is -0.650. The Morgan fingerprint density at radius 2 is 2.40 bits per heavy atom. The lowest BCUT2D eigenvalue weighted by Gasteiger charge is -2.16. The molecule has 6 heteroatoms. The topological polar surface area (TPSA) is 39.9 Å². The van der Waals surface area contributed by atoms with Gasteiger partial charge in [0.25, 0.3) is 0 Å². The van der Waals surface area contributed by atoms with Crippen molar-refractivity contribution < 1.29 is 4.74 Å². The molecule has 0 bridgehead atoms. The molecule has 3 rings (SSSR count). The van der Waals surface area contributed by atoms with Crippen molar-refractivity contribution in [1.82, 2.24) is 14.5 Å². The Morgan fingerprint density at radius 1 is 1.55 bits per heavy atom. The molecular weight excluding hydrogens is 342 g/mol. The van der Waals surface area contributed by atoms with Gasteiger partial charge in [-0.2, -0.15) is 0 Å². The summed E-state index contributed by atoms with van der Waals surface area (Å²) in [4.78, 5) is 9.20. The molecule has 0 N–H and O–H groups in total. The molecule has 0 aliphatic carbocycles. The second-order valence-corrected chi connectivity index (χ2v) is 6.49. The van der Waals surface area contributed by atoms with Crippen LogP contribution in [0.5, 0.6) is 0 Å². The molecule has 108 valence electrons. The van der Waals surface area contributed by atoms with Crippen LogP contribution < -0.4 is 0 Å². The van der Waals surface area contributed by atoms with E-state index >= 15 is 0 Å². The van der Waals surface area contributed by atoms with Gasteiger partial charge in [0, 0.05) is 42.0 Å². The highest BCUT2D eigenvalue weighted by molar-refractivity contribution is 9.10. The van der Waals surface area contributed by atoms with E-state index in [2.05, 4.69) is 37.4 Å². The molecule has 2 aromatic rings. The zero-order valence-electron chi connectivity index (χ0n) is 11.4. The van der Waals surface area contributed by atoms with E-state index in [9.17, 15) is 0 Å². The molecule has 1 saturated heterocycles. The van der Waals surface area contributed by atoms with Gasteiger partial charge in [0.05, 0.1) is 6.10 Å². The van der Waals surface area contributed by atoms with E-state index in [1.54, 1.807) is 0 Å². The molecule has 0 saturated carbocycles. The molecule has 3 heterocycles. The third-order valence-corrected chi connectivity index (χ3v) is 4.52. The molecule has 4 nitrogen and oxygen atoms in total. The average Bonchev–Trinajstić information content (AvgIpc) is 2.96. The van der Waals surface area contributed by atoms with Crippen molar-refractivity contribution in [2.24, 2.45) is 5.92 Å². The van der Waals surface area contributed by atoms with E-state index in [1.807, 2.05) is 12.3 Å². The van der Waals surface area contributed by atoms with Crippen LogP contribution in [0.3, 0.4) is 0 Å². The minimum Gasteiger partial charge on any atom is -0.378 e. The van der Waals surface area contributed by atoms with Crippen molar-refractivity contribution in [3.63, 3.8) is 0 Å². The highest BCUT2D eigenvalue weighted by Gasteiger charge is 2.26. The van der Waals surface area contributed by atoms with Crippen molar-refractivity contribution in [3.8, 4) is 0 Å². The molecule has 0 radical (unpaired) electrons. The first-order valence-corrected chi connectivity index (χ1v) is 8.20. The number of aromatic nitrogens is 3. The SMILES string of the molecule is CC1OCCC1Cn1c(CCCl)nc2cc(Br)cnc21. The van der Waals surface area contributed by atoms with E-state index in [-0.39, 0.29) is 0 Å². The molecular formula is C14H17BrClN3O. The number of pyridine rings is 1. The van der Waals surface area contributed by atoms with Gasteiger partial charge in [0.2, 0.25) is 0 Å². The lowest BCUT2D eigenvalue weighted by Crippen LogP contribution is -2.19.